The lowest BCUT2D eigenvalue weighted by atomic mass is 9.98. The van der Waals surface area contributed by atoms with Gasteiger partial charge in [0.15, 0.2) is 0 Å². The van der Waals surface area contributed by atoms with Crippen molar-refractivity contribution in [3.05, 3.63) is 11.6 Å². The summed E-state index contributed by atoms with van der Waals surface area (Å²) in [6, 6.07) is 0. The lowest BCUT2D eigenvalue weighted by Crippen LogP contribution is -2.21. The Bertz CT molecular complexity index is 223. The van der Waals surface area contributed by atoms with Gasteiger partial charge in [-0.25, -0.2) is 4.79 Å². The summed E-state index contributed by atoms with van der Waals surface area (Å²) in [5.41, 5.74) is 0.580. The second-order valence-electron chi connectivity index (χ2n) is 3.43. The molecule has 0 amide bonds. The molecule has 3 nitrogen and oxygen atoms in total. The summed E-state index contributed by atoms with van der Waals surface area (Å²) in [5.74, 6) is -0.520. The predicted molar refractivity (Wildman–Crippen MR) is 51.6 cm³/mol. The molecule has 1 aliphatic heterocycles. The number of carboxylic acids is 1. The lowest BCUT2D eigenvalue weighted by molar-refractivity contribution is -0.133. The van der Waals surface area contributed by atoms with Gasteiger partial charge in [-0.15, -0.1) is 0 Å². The Morgan fingerprint density at radius 1 is 1.69 bits per heavy atom. The second kappa shape index (κ2) is 4.42. The van der Waals surface area contributed by atoms with Gasteiger partial charge >= 0.3 is 5.97 Å². The molecular formula is C10H17NO2. The first kappa shape index (κ1) is 10.3. The maximum atomic E-state index is 10.8. The quantitative estimate of drug-likeness (QED) is 0.672. The molecule has 1 rings (SSSR count). The molecule has 74 valence electrons. The van der Waals surface area contributed by atoms with Crippen molar-refractivity contribution in [2.75, 3.05) is 19.6 Å². The van der Waals surface area contributed by atoms with Crippen LogP contribution in [0, 0.1) is 5.92 Å². The first-order valence-corrected chi connectivity index (χ1v) is 4.80. The topological polar surface area (TPSA) is 40.5 Å². The third kappa shape index (κ3) is 2.31. The number of likely N-dealkylation sites (tertiary alicyclic amines) is 1. The molecule has 0 aromatic heterocycles. The van der Waals surface area contributed by atoms with Gasteiger partial charge in [-0.1, -0.05) is 13.0 Å². The molecule has 1 aliphatic rings. The fourth-order valence-corrected chi connectivity index (χ4v) is 1.91. The fourth-order valence-electron chi connectivity index (χ4n) is 1.91. The van der Waals surface area contributed by atoms with Gasteiger partial charge in [0.05, 0.1) is 0 Å². The molecule has 1 heterocycles. The molecule has 0 radical (unpaired) electrons. The Balaban J connectivity index is 2.59. The summed E-state index contributed by atoms with van der Waals surface area (Å²) in [6.07, 6.45) is 2.71. The van der Waals surface area contributed by atoms with Crippen molar-refractivity contribution in [3.63, 3.8) is 0 Å². The van der Waals surface area contributed by atoms with Gasteiger partial charge in [0.1, 0.15) is 0 Å². The Labute approximate surface area is 79.0 Å². The highest BCUT2D eigenvalue weighted by molar-refractivity contribution is 5.87. The molecule has 0 saturated carbocycles. The summed E-state index contributed by atoms with van der Waals surface area (Å²) in [5, 5.41) is 8.91. The second-order valence-corrected chi connectivity index (χ2v) is 3.43. The van der Waals surface area contributed by atoms with Gasteiger partial charge in [0.2, 0.25) is 0 Å². The van der Waals surface area contributed by atoms with Gasteiger partial charge in [-0.2, -0.15) is 0 Å². The Morgan fingerprint density at radius 3 is 2.77 bits per heavy atom. The molecule has 0 aromatic rings. The van der Waals surface area contributed by atoms with E-state index in [-0.39, 0.29) is 5.92 Å². The van der Waals surface area contributed by atoms with Crippen molar-refractivity contribution in [2.45, 2.75) is 20.3 Å². The number of hydrogen-bond acceptors (Lipinski definition) is 2. The van der Waals surface area contributed by atoms with E-state index in [1.807, 2.05) is 0 Å². The molecule has 1 saturated heterocycles. The van der Waals surface area contributed by atoms with Crippen molar-refractivity contribution < 1.29 is 9.90 Å². The highest BCUT2D eigenvalue weighted by atomic mass is 16.4. The average Bonchev–Trinajstić information content (AvgIpc) is 2.53. The van der Waals surface area contributed by atoms with Crippen LogP contribution in [0.5, 0.6) is 0 Å². The monoisotopic (exact) mass is 183 g/mol. The molecule has 0 aromatic carbocycles. The van der Waals surface area contributed by atoms with E-state index in [0.717, 1.165) is 26.1 Å². The van der Waals surface area contributed by atoms with Crippen LogP contribution in [0.4, 0.5) is 0 Å². The number of allylic oxidation sites excluding steroid dienone is 1. The number of aliphatic carboxylic acids is 1. The van der Waals surface area contributed by atoms with E-state index in [4.69, 9.17) is 5.11 Å². The standard InChI is InChI=1S/C10H17NO2/c1-3-9(10(12)13)8-5-6-11(4-2)7-8/h3,8H,4-7H2,1-2H3,(H,12,13). The molecule has 1 fully saturated rings. The van der Waals surface area contributed by atoms with Crippen LogP contribution in [0.3, 0.4) is 0 Å². The Morgan fingerprint density at radius 2 is 2.38 bits per heavy atom. The van der Waals surface area contributed by atoms with Crippen LogP contribution < -0.4 is 0 Å². The van der Waals surface area contributed by atoms with E-state index in [1.54, 1.807) is 13.0 Å². The third-order valence-electron chi connectivity index (χ3n) is 2.72. The Hall–Kier alpha value is -0.830. The van der Waals surface area contributed by atoms with Crippen LogP contribution in [0.2, 0.25) is 0 Å². The maximum absolute atomic E-state index is 10.8. The Kier molecular flexibility index (Phi) is 3.48. The van der Waals surface area contributed by atoms with Crippen molar-refractivity contribution in [3.8, 4) is 0 Å². The van der Waals surface area contributed by atoms with Crippen molar-refractivity contribution >= 4 is 5.97 Å². The van der Waals surface area contributed by atoms with Gasteiger partial charge in [-0.05, 0) is 26.4 Å². The third-order valence-corrected chi connectivity index (χ3v) is 2.72. The SMILES string of the molecule is CC=C(C(=O)O)C1CCN(CC)C1. The molecule has 0 spiro atoms. The smallest absolute Gasteiger partial charge is 0.331 e. The minimum atomic E-state index is -0.759. The van der Waals surface area contributed by atoms with Crippen LogP contribution in [0.15, 0.2) is 11.6 Å². The highest BCUT2D eigenvalue weighted by Crippen LogP contribution is 2.23. The van der Waals surface area contributed by atoms with Gasteiger partial charge < -0.3 is 10.0 Å². The van der Waals surface area contributed by atoms with E-state index >= 15 is 0 Å². The van der Waals surface area contributed by atoms with Gasteiger partial charge in [0, 0.05) is 18.0 Å². The van der Waals surface area contributed by atoms with E-state index in [9.17, 15) is 4.79 Å². The summed E-state index contributed by atoms with van der Waals surface area (Å²) >= 11 is 0. The summed E-state index contributed by atoms with van der Waals surface area (Å²) in [4.78, 5) is 13.1. The predicted octanol–water partition coefficient (Wildman–Crippen LogP) is 1.36. The summed E-state index contributed by atoms with van der Waals surface area (Å²) < 4.78 is 0. The fraction of sp³-hybridized carbons (Fsp3) is 0.700. The molecule has 1 atom stereocenters. The zero-order valence-corrected chi connectivity index (χ0v) is 8.29. The number of nitrogens with zero attached hydrogens (tertiary/aromatic N) is 1. The average molecular weight is 183 g/mol. The highest BCUT2D eigenvalue weighted by Gasteiger charge is 2.27. The maximum Gasteiger partial charge on any atom is 0.331 e. The zero-order chi connectivity index (χ0) is 9.84. The van der Waals surface area contributed by atoms with Crippen LogP contribution in [-0.2, 0) is 4.79 Å². The summed E-state index contributed by atoms with van der Waals surface area (Å²) in [6.45, 7) is 6.87. The first-order chi connectivity index (χ1) is 6.19. The van der Waals surface area contributed by atoms with Crippen molar-refractivity contribution in [1.82, 2.24) is 4.90 Å². The number of carbonyl (C=O) groups is 1. The number of carboxylic acid groups (broad SMARTS) is 1. The number of hydrogen-bond donors (Lipinski definition) is 1. The van der Waals surface area contributed by atoms with Crippen LogP contribution in [0.25, 0.3) is 0 Å². The first-order valence-electron chi connectivity index (χ1n) is 4.80. The molecule has 3 heteroatoms. The number of rotatable bonds is 3. The van der Waals surface area contributed by atoms with E-state index in [1.165, 1.54) is 0 Å². The van der Waals surface area contributed by atoms with Crippen LogP contribution >= 0.6 is 0 Å². The van der Waals surface area contributed by atoms with E-state index in [0.29, 0.717) is 5.57 Å². The molecular weight excluding hydrogens is 166 g/mol. The molecule has 0 bridgehead atoms. The molecule has 1 unspecified atom stereocenters. The van der Waals surface area contributed by atoms with E-state index < -0.39 is 5.97 Å². The van der Waals surface area contributed by atoms with Crippen molar-refractivity contribution in [1.29, 1.82) is 0 Å². The molecule has 0 aliphatic carbocycles. The lowest BCUT2D eigenvalue weighted by Gasteiger charge is -2.13. The van der Waals surface area contributed by atoms with E-state index in [2.05, 4.69) is 11.8 Å². The van der Waals surface area contributed by atoms with Gasteiger partial charge in [0.25, 0.3) is 0 Å². The minimum absolute atomic E-state index is 0.238. The van der Waals surface area contributed by atoms with Crippen molar-refractivity contribution in [2.24, 2.45) is 5.92 Å². The largest absolute Gasteiger partial charge is 0.478 e. The van der Waals surface area contributed by atoms with Gasteiger partial charge in [-0.3, -0.25) is 0 Å². The normalized spacial score (nSPS) is 25.1. The molecule has 13 heavy (non-hydrogen) atoms. The van der Waals surface area contributed by atoms with Crippen LogP contribution in [0.1, 0.15) is 20.3 Å². The minimum Gasteiger partial charge on any atom is -0.478 e. The zero-order valence-electron chi connectivity index (χ0n) is 8.29. The molecule has 1 N–H and O–H groups in total. The summed E-state index contributed by atoms with van der Waals surface area (Å²) in [7, 11) is 0. The van der Waals surface area contributed by atoms with Crippen LogP contribution in [-0.4, -0.2) is 35.6 Å².